The zero-order valence-electron chi connectivity index (χ0n) is 8.18. The standard InChI is InChI=1S/C10H13F2NO/c1-6-3-7(10(13)5-14-2)9(12)4-8(6)11/h3-4,10H,5,13H2,1-2H3. The molecule has 2 nitrogen and oxygen atoms in total. The number of ether oxygens (including phenoxy) is 1. The molecular formula is C10H13F2NO. The van der Waals surface area contributed by atoms with Crippen LogP contribution < -0.4 is 5.73 Å². The second-order valence-corrected chi connectivity index (χ2v) is 3.18. The van der Waals surface area contributed by atoms with Gasteiger partial charge in [-0.15, -0.1) is 0 Å². The van der Waals surface area contributed by atoms with Crippen molar-refractivity contribution in [1.29, 1.82) is 0 Å². The minimum atomic E-state index is -0.627. The summed E-state index contributed by atoms with van der Waals surface area (Å²) in [5.74, 6) is -1.19. The van der Waals surface area contributed by atoms with Crippen LogP contribution in [-0.4, -0.2) is 13.7 Å². The Morgan fingerprint density at radius 2 is 2.00 bits per heavy atom. The maximum Gasteiger partial charge on any atom is 0.130 e. The largest absolute Gasteiger partial charge is 0.383 e. The third-order valence-electron chi connectivity index (χ3n) is 2.02. The van der Waals surface area contributed by atoms with Gasteiger partial charge in [-0.25, -0.2) is 8.78 Å². The summed E-state index contributed by atoms with van der Waals surface area (Å²) in [6.45, 7) is 1.78. The Hall–Kier alpha value is -1.00. The number of hydrogen-bond acceptors (Lipinski definition) is 2. The molecule has 4 heteroatoms. The van der Waals surface area contributed by atoms with E-state index >= 15 is 0 Å². The molecule has 0 saturated carbocycles. The summed E-state index contributed by atoms with van der Waals surface area (Å²) in [4.78, 5) is 0. The summed E-state index contributed by atoms with van der Waals surface area (Å²) in [6.07, 6.45) is 0. The highest BCUT2D eigenvalue weighted by Crippen LogP contribution is 2.19. The van der Waals surface area contributed by atoms with E-state index in [-0.39, 0.29) is 12.2 Å². The molecule has 1 unspecified atom stereocenters. The van der Waals surface area contributed by atoms with Crippen LogP contribution in [0.1, 0.15) is 17.2 Å². The van der Waals surface area contributed by atoms with Gasteiger partial charge in [0.15, 0.2) is 0 Å². The molecule has 0 aromatic heterocycles. The van der Waals surface area contributed by atoms with Crippen LogP contribution in [0.2, 0.25) is 0 Å². The van der Waals surface area contributed by atoms with Gasteiger partial charge in [-0.3, -0.25) is 0 Å². The summed E-state index contributed by atoms with van der Waals surface area (Å²) >= 11 is 0. The van der Waals surface area contributed by atoms with Crippen molar-refractivity contribution in [3.8, 4) is 0 Å². The summed E-state index contributed by atoms with van der Waals surface area (Å²) in [5.41, 5.74) is 6.30. The molecule has 0 bridgehead atoms. The molecule has 1 atom stereocenters. The molecule has 78 valence electrons. The van der Waals surface area contributed by atoms with E-state index in [1.807, 2.05) is 0 Å². The number of nitrogens with two attached hydrogens (primary N) is 1. The van der Waals surface area contributed by atoms with Crippen molar-refractivity contribution < 1.29 is 13.5 Å². The molecule has 0 aliphatic heterocycles. The van der Waals surface area contributed by atoms with E-state index in [0.717, 1.165) is 6.07 Å². The van der Waals surface area contributed by atoms with Gasteiger partial charge in [0, 0.05) is 18.7 Å². The molecular weight excluding hydrogens is 188 g/mol. The fourth-order valence-corrected chi connectivity index (χ4v) is 1.23. The van der Waals surface area contributed by atoms with Crippen LogP contribution >= 0.6 is 0 Å². The third kappa shape index (κ3) is 2.27. The maximum absolute atomic E-state index is 13.2. The van der Waals surface area contributed by atoms with Crippen molar-refractivity contribution in [2.75, 3.05) is 13.7 Å². The monoisotopic (exact) mass is 201 g/mol. The lowest BCUT2D eigenvalue weighted by molar-refractivity contribution is 0.179. The number of halogens is 2. The average molecular weight is 201 g/mol. The van der Waals surface area contributed by atoms with Gasteiger partial charge in [0.25, 0.3) is 0 Å². The number of rotatable bonds is 3. The van der Waals surface area contributed by atoms with E-state index in [2.05, 4.69) is 0 Å². The molecule has 0 saturated heterocycles. The van der Waals surface area contributed by atoms with Crippen LogP contribution in [0.4, 0.5) is 8.78 Å². The SMILES string of the molecule is COCC(N)c1cc(C)c(F)cc1F. The lowest BCUT2D eigenvalue weighted by Crippen LogP contribution is -2.18. The average Bonchev–Trinajstić information content (AvgIpc) is 2.11. The number of aryl methyl sites for hydroxylation is 1. The van der Waals surface area contributed by atoms with E-state index in [1.54, 1.807) is 6.92 Å². The number of benzene rings is 1. The topological polar surface area (TPSA) is 35.2 Å². The second kappa shape index (κ2) is 4.48. The fourth-order valence-electron chi connectivity index (χ4n) is 1.23. The van der Waals surface area contributed by atoms with Crippen molar-refractivity contribution in [3.05, 3.63) is 34.9 Å². The summed E-state index contributed by atoms with van der Waals surface area (Å²) in [7, 11) is 1.48. The molecule has 0 aliphatic rings. The van der Waals surface area contributed by atoms with Crippen LogP contribution in [0.25, 0.3) is 0 Å². The predicted molar refractivity (Wildman–Crippen MR) is 49.9 cm³/mol. The van der Waals surface area contributed by atoms with E-state index in [0.29, 0.717) is 5.56 Å². The third-order valence-corrected chi connectivity index (χ3v) is 2.02. The minimum Gasteiger partial charge on any atom is -0.383 e. The Bertz CT molecular complexity index is 328. The van der Waals surface area contributed by atoms with Crippen LogP contribution in [0.3, 0.4) is 0 Å². The highest BCUT2D eigenvalue weighted by molar-refractivity contribution is 5.28. The molecule has 0 aliphatic carbocycles. The molecule has 1 rings (SSSR count). The van der Waals surface area contributed by atoms with Gasteiger partial charge in [-0.2, -0.15) is 0 Å². The van der Waals surface area contributed by atoms with E-state index in [1.165, 1.54) is 13.2 Å². The zero-order chi connectivity index (χ0) is 10.7. The summed E-state index contributed by atoms with van der Waals surface area (Å²) in [5, 5.41) is 0. The van der Waals surface area contributed by atoms with Crippen molar-refractivity contribution in [2.24, 2.45) is 5.73 Å². The lowest BCUT2D eigenvalue weighted by atomic mass is 10.0. The summed E-state index contributed by atoms with van der Waals surface area (Å²) < 4.78 is 30.9. The van der Waals surface area contributed by atoms with Gasteiger partial charge in [0.05, 0.1) is 12.6 Å². The zero-order valence-corrected chi connectivity index (χ0v) is 8.18. The molecule has 0 spiro atoms. The van der Waals surface area contributed by atoms with E-state index < -0.39 is 17.7 Å². The number of methoxy groups -OCH3 is 1. The van der Waals surface area contributed by atoms with E-state index in [4.69, 9.17) is 10.5 Å². The van der Waals surface area contributed by atoms with Crippen LogP contribution in [0, 0.1) is 18.6 Å². The van der Waals surface area contributed by atoms with E-state index in [9.17, 15) is 8.78 Å². The Morgan fingerprint density at radius 1 is 1.36 bits per heavy atom. The van der Waals surface area contributed by atoms with Crippen LogP contribution in [0.5, 0.6) is 0 Å². The molecule has 1 aromatic carbocycles. The van der Waals surface area contributed by atoms with Crippen LogP contribution in [0.15, 0.2) is 12.1 Å². The van der Waals surface area contributed by atoms with Crippen molar-refractivity contribution in [2.45, 2.75) is 13.0 Å². The van der Waals surface area contributed by atoms with Gasteiger partial charge in [0.1, 0.15) is 11.6 Å². The quantitative estimate of drug-likeness (QED) is 0.810. The van der Waals surface area contributed by atoms with Gasteiger partial charge in [0.2, 0.25) is 0 Å². The first-order valence-corrected chi connectivity index (χ1v) is 4.26. The highest BCUT2D eigenvalue weighted by Gasteiger charge is 2.13. The Balaban J connectivity index is 3.02. The molecule has 0 amide bonds. The van der Waals surface area contributed by atoms with Gasteiger partial charge in [-0.05, 0) is 18.6 Å². The first-order chi connectivity index (χ1) is 6.56. The van der Waals surface area contributed by atoms with Crippen molar-refractivity contribution >= 4 is 0 Å². The highest BCUT2D eigenvalue weighted by atomic mass is 19.1. The number of hydrogen-bond donors (Lipinski definition) is 1. The minimum absolute atomic E-state index is 0.210. The Morgan fingerprint density at radius 3 is 2.57 bits per heavy atom. The van der Waals surface area contributed by atoms with Crippen molar-refractivity contribution in [3.63, 3.8) is 0 Å². The summed E-state index contributed by atoms with van der Waals surface area (Å²) in [6, 6.07) is 1.70. The smallest absolute Gasteiger partial charge is 0.130 e. The maximum atomic E-state index is 13.2. The Kier molecular flexibility index (Phi) is 3.55. The first kappa shape index (κ1) is 11.1. The fraction of sp³-hybridized carbons (Fsp3) is 0.400. The molecule has 1 aromatic rings. The first-order valence-electron chi connectivity index (χ1n) is 4.26. The molecule has 14 heavy (non-hydrogen) atoms. The molecule has 0 radical (unpaired) electrons. The van der Waals surface area contributed by atoms with Gasteiger partial charge < -0.3 is 10.5 Å². The van der Waals surface area contributed by atoms with Crippen molar-refractivity contribution in [1.82, 2.24) is 0 Å². The molecule has 0 fully saturated rings. The Labute approximate surface area is 81.7 Å². The lowest BCUT2D eigenvalue weighted by Gasteiger charge is -2.12. The second-order valence-electron chi connectivity index (χ2n) is 3.18. The molecule has 0 heterocycles. The normalized spacial score (nSPS) is 12.9. The molecule has 2 N–H and O–H groups in total. The van der Waals surface area contributed by atoms with Gasteiger partial charge >= 0.3 is 0 Å². The predicted octanol–water partition coefficient (Wildman–Crippen LogP) is 1.92. The van der Waals surface area contributed by atoms with Gasteiger partial charge in [-0.1, -0.05) is 0 Å². The van der Waals surface area contributed by atoms with Crippen LogP contribution in [-0.2, 0) is 4.74 Å².